The molecule has 1 heterocycles. The lowest BCUT2D eigenvalue weighted by atomic mass is 9.91. The standard InChI is InChI=1S/C20H29NO3Si/c1-14-20(21-18(23-14)15-10-8-7-9-11-15)13-12-16(22)17(20)24-25(5,6)19(2,3)4/h7-14,16-17,22H,1-6H3/t14-,16-,17-,20+/m0/s1. The zero-order valence-electron chi connectivity index (χ0n) is 16.0. The summed E-state index contributed by atoms with van der Waals surface area (Å²) in [4.78, 5) is 4.91. The van der Waals surface area contributed by atoms with E-state index in [1.54, 1.807) is 6.08 Å². The van der Waals surface area contributed by atoms with E-state index in [0.717, 1.165) is 5.56 Å². The van der Waals surface area contributed by atoms with Crippen molar-refractivity contribution in [3.63, 3.8) is 0 Å². The van der Waals surface area contributed by atoms with Crippen LogP contribution in [0.2, 0.25) is 18.1 Å². The number of aliphatic imine (C=N–C) groups is 1. The van der Waals surface area contributed by atoms with Gasteiger partial charge in [0.2, 0.25) is 5.90 Å². The first-order chi connectivity index (χ1) is 11.6. The molecule has 1 N–H and O–H groups in total. The van der Waals surface area contributed by atoms with Gasteiger partial charge in [-0.2, -0.15) is 0 Å². The van der Waals surface area contributed by atoms with Crippen LogP contribution in [0.3, 0.4) is 0 Å². The Morgan fingerprint density at radius 1 is 1.20 bits per heavy atom. The lowest BCUT2D eigenvalue weighted by molar-refractivity contribution is 0.00574. The second-order valence-electron chi connectivity index (χ2n) is 8.58. The molecule has 0 amide bonds. The van der Waals surface area contributed by atoms with E-state index >= 15 is 0 Å². The molecule has 0 aromatic heterocycles. The molecule has 25 heavy (non-hydrogen) atoms. The number of hydrogen-bond acceptors (Lipinski definition) is 4. The smallest absolute Gasteiger partial charge is 0.217 e. The van der Waals surface area contributed by atoms with Gasteiger partial charge in [-0.05, 0) is 37.2 Å². The third-order valence-electron chi connectivity index (χ3n) is 5.81. The van der Waals surface area contributed by atoms with Crippen LogP contribution in [0, 0.1) is 0 Å². The molecule has 0 unspecified atom stereocenters. The summed E-state index contributed by atoms with van der Waals surface area (Å²) in [5.41, 5.74) is 0.284. The Morgan fingerprint density at radius 2 is 1.84 bits per heavy atom. The molecule has 5 heteroatoms. The Labute approximate surface area is 151 Å². The number of aliphatic hydroxyl groups excluding tert-OH is 1. The Balaban J connectivity index is 1.96. The van der Waals surface area contributed by atoms with Crippen LogP contribution in [0.5, 0.6) is 0 Å². The summed E-state index contributed by atoms with van der Waals surface area (Å²) in [6.45, 7) is 13.0. The van der Waals surface area contributed by atoms with Crippen LogP contribution in [0.1, 0.15) is 33.3 Å². The van der Waals surface area contributed by atoms with Crippen LogP contribution >= 0.6 is 0 Å². The molecule has 1 aliphatic carbocycles. The Bertz CT molecular complexity index is 693. The van der Waals surface area contributed by atoms with Crippen LogP contribution in [0.25, 0.3) is 0 Å². The van der Waals surface area contributed by atoms with Crippen LogP contribution in [0.15, 0.2) is 47.5 Å². The van der Waals surface area contributed by atoms with E-state index in [-0.39, 0.29) is 11.1 Å². The molecular formula is C20H29NO3Si. The maximum Gasteiger partial charge on any atom is 0.217 e. The highest BCUT2D eigenvalue weighted by molar-refractivity contribution is 6.74. The van der Waals surface area contributed by atoms with Gasteiger partial charge in [-0.15, -0.1) is 0 Å². The van der Waals surface area contributed by atoms with Crippen molar-refractivity contribution in [3.8, 4) is 0 Å². The highest BCUT2D eigenvalue weighted by Gasteiger charge is 2.56. The van der Waals surface area contributed by atoms with Gasteiger partial charge in [0.15, 0.2) is 8.32 Å². The largest absolute Gasteiger partial charge is 0.471 e. The normalized spacial score (nSPS) is 32.1. The Hall–Kier alpha value is -1.43. The van der Waals surface area contributed by atoms with Gasteiger partial charge >= 0.3 is 0 Å². The summed E-state index contributed by atoms with van der Waals surface area (Å²) in [5.74, 6) is 0.621. The first-order valence-corrected chi connectivity index (χ1v) is 11.8. The van der Waals surface area contributed by atoms with Crippen molar-refractivity contribution in [3.05, 3.63) is 48.0 Å². The monoisotopic (exact) mass is 359 g/mol. The molecule has 0 fully saturated rings. The Kier molecular flexibility index (Phi) is 4.46. The van der Waals surface area contributed by atoms with E-state index in [2.05, 4.69) is 33.9 Å². The summed E-state index contributed by atoms with van der Waals surface area (Å²) in [7, 11) is -2.06. The van der Waals surface area contributed by atoms with E-state index in [4.69, 9.17) is 14.2 Å². The molecule has 1 aromatic rings. The maximum atomic E-state index is 10.6. The molecule has 4 atom stereocenters. The van der Waals surface area contributed by atoms with Gasteiger partial charge in [-0.25, -0.2) is 4.99 Å². The number of nitrogens with zero attached hydrogens (tertiary/aromatic N) is 1. The third kappa shape index (κ3) is 3.09. The molecule has 0 saturated carbocycles. The van der Waals surface area contributed by atoms with Gasteiger partial charge in [0, 0.05) is 5.56 Å². The Morgan fingerprint density at radius 3 is 2.44 bits per heavy atom. The summed E-state index contributed by atoms with van der Waals surface area (Å²) in [6, 6.07) is 9.90. The molecule has 2 aliphatic rings. The summed E-state index contributed by atoms with van der Waals surface area (Å²) in [5, 5.41) is 10.7. The lowest BCUT2D eigenvalue weighted by Gasteiger charge is -2.43. The maximum absolute atomic E-state index is 10.6. The quantitative estimate of drug-likeness (QED) is 0.657. The van der Waals surface area contributed by atoms with Crippen LogP contribution in [0.4, 0.5) is 0 Å². The van der Waals surface area contributed by atoms with Crippen molar-refractivity contribution in [2.45, 2.75) is 69.7 Å². The van der Waals surface area contributed by atoms with Gasteiger partial charge in [-0.1, -0.05) is 51.1 Å². The van der Waals surface area contributed by atoms with E-state index in [1.807, 2.05) is 43.3 Å². The van der Waals surface area contributed by atoms with Crippen molar-refractivity contribution in [2.75, 3.05) is 0 Å². The van der Waals surface area contributed by atoms with Crippen molar-refractivity contribution in [1.29, 1.82) is 0 Å². The molecule has 3 rings (SSSR count). The van der Waals surface area contributed by atoms with Gasteiger partial charge in [0.1, 0.15) is 17.7 Å². The summed E-state index contributed by atoms with van der Waals surface area (Å²) in [6.07, 6.45) is 2.50. The molecule has 4 nitrogen and oxygen atoms in total. The van der Waals surface area contributed by atoms with E-state index in [0.29, 0.717) is 5.90 Å². The highest BCUT2D eigenvalue weighted by atomic mass is 28.4. The minimum atomic E-state index is -2.06. The molecule has 0 radical (unpaired) electrons. The average Bonchev–Trinajstić information content (AvgIpc) is 3.03. The van der Waals surface area contributed by atoms with E-state index in [1.165, 1.54) is 0 Å². The second kappa shape index (κ2) is 6.08. The summed E-state index contributed by atoms with van der Waals surface area (Å²) >= 11 is 0. The second-order valence-corrected chi connectivity index (χ2v) is 13.3. The minimum absolute atomic E-state index is 0.0607. The molecule has 1 spiro atoms. The van der Waals surface area contributed by atoms with E-state index in [9.17, 15) is 5.11 Å². The van der Waals surface area contributed by atoms with Crippen LogP contribution < -0.4 is 0 Å². The fourth-order valence-electron chi connectivity index (χ4n) is 3.12. The van der Waals surface area contributed by atoms with E-state index < -0.39 is 26.1 Å². The number of hydrogen-bond donors (Lipinski definition) is 1. The summed E-state index contributed by atoms with van der Waals surface area (Å²) < 4.78 is 12.7. The van der Waals surface area contributed by atoms with Crippen molar-refractivity contribution >= 4 is 14.2 Å². The molecule has 136 valence electrons. The average molecular weight is 360 g/mol. The number of benzene rings is 1. The zero-order chi connectivity index (χ0) is 18.5. The van der Waals surface area contributed by atoms with Gasteiger partial charge < -0.3 is 14.3 Å². The topological polar surface area (TPSA) is 51.0 Å². The molecular weight excluding hydrogens is 330 g/mol. The predicted molar refractivity (Wildman–Crippen MR) is 103 cm³/mol. The number of ether oxygens (including phenoxy) is 1. The lowest BCUT2D eigenvalue weighted by Crippen LogP contribution is -2.55. The minimum Gasteiger partial charge on any atom is -0.471 e. The first-order valence-electron chi connectivity index (χ1n) is 8.94. The van der Waals surface area contributed by atoms with Crippen molar-refractivity contribution in [1.82, 2.24) is 0 Å². The fourth-order valence-corrected chi connectivity index (χ4v) is 4.43. The van der Waals surface area contributed by atoms with Gasteiger partial charge in [-0.3, -0.25) is 0 Å². The highest BCUT2D eigenvalue weighted by Crippen LogP contribution is 2.45. The number of rotatable bonds is 3. The SMILES string of the molecule is C[C@@H]1OC(c2ccccc2)=N[C@]12C=C[C@H](O)[C@@H]2O[Si](C)(C)C(C)(C)C. The first kappa shape index (κ1) is 18.4. The van der Waals surface area contributed by atoms with Crippen molar-refractivity contribution < 1.29 is 14.3 Å². The fraction of sp³-hybridized carbons (Fsp3) is 0.550. The van der Waals surface area contributed by atoms with Crippen LogP contribution in [-0.4, -0.2) is 43.2 Å². The molecule has 0 saturated heterocycles. The molecule has 0 bridgehead atoms. The molecule has 1 aromatic carbocycles. The van der Waals surface area contributed by atoms with Gasteiger partial charge in [0.25, 0.3) is 0 Å². The number of aliphatic hydroxyl groups is 1. The molecule has 1 aliphatic heterocycles. The zero-order valence-corrected chi connectivity index (χ0v) is 17.0. The predicted octanol–water partition coefficient (Wildman–Crippen LogP) is 3.91. The van der Waals surface area contributed by atoms with Crippen molar-refractivity contribution in [2.24, 2.45) is 4.99 Å². The van der Waals surface area contributed by atoms with Crippen LogP contribution in [-0.2, 0) is 9.16 Å². The third-order valence-corrected chi connectivity index (χ3v) is 10.3. The van der Waals surface area contributed by atoms with Gasteiger partial charge in [0.05, 0.1) is 6.10 Å².